The van der Waals surface area contributed by atoms with Crippen molar-refractivity contribution in [3.63, 3.8) is 0 Å². The van der Waals surface area contributed by atoms with Crippen molar-refractivity contribution in [1.29, 1.82) is 0 Å². The van der Waals surface area contributed by atoms with E-state index in [1.165, 1.54) is 17.3 Å². The second-order valence-electron chi connectivity index (χ2n) is 6.38. The molecule has 2 amide bonds. The van der Waals surface area contributed by atoms with Crippen LogP contribution < -0.4 is 16.4 Å². The van der Waals surface area contributed by atoms with E-state index in [1.54, 1.807) is 0 Å². The Morgan fingerprint density at radius 2 is 1.73 bits per heavy atom. The van der Waals surface area contributed by atoms with E-state index in [0.717, 1.165) is 27.4 Å². The summed E-state index contributed by atoms with van der Waals surface area (Å²) in [7, 11) is 0. The molecule has 5 nitrogen and oxygen atoms in total. The minimum absolute atomic E-state index is 0.116. The summed E-state index contributed by atoms with van der Waals surface area (Å²) in [5, 5.41) is 6.23. The summed E-state index contributed by atoms with van der Waals surface area (Å²) in [4.78, 5) is 24.5. The van der Waals surface area contributed by atoms with Crippen LogP contribution in [-0.2, 0) is 9.59 Å². The molecule has 138 valence electrons. The van der Waals surface area contributed by atoms with Gasteiger partial charge < -0.3 is 16.4 Å². The molecule has 6 heteroatoms. The third kappa shape index (κ3) is 5.26. The molecule has 2 aromatic rings. The topological polar surface area (TPSA) is 84.2 Å². The van der Waals surface area contributed by atoms with Crippen molar-refractivity contribution in [2.24, 2.45) is 5.73 Å². The second kappa shape index (κ2) is 8.76. The Morgan fingerprint density at radius 1 is 1.12 bits per heavy atom. The van der Waals surface area contributed by atoms with Crippen LogP contribution in [0, 0.1) is 20.8 Å². The van der Waals surface area contributed by atoms with Crippen LogP contribution in [0.5, 0.6) is 0 Å². The fraction of sp³-hybridized carbons (Fsp3) is 0.300. The van der Waals surface area contributed by atoms with Gasteiger partial charge in [-0.2, -0.15) is 0 Å². The van der Waals surface area contributed by atoms with Gasteiger partial charge >= 0.3 is 0 Å². The minimum Gasteiger partial charge on any atom is -0.373 e. The first kappa shape index (κ1) is 19.8. The molecule has 0 radical (unpaired) electrons. The lowest BCUT2D eigenvalue weighted by Gasteiger charge is -2.19. The van der Waals surface area contributed by atoms with Crippen LogP contribution in [0.15, 0.2) is 41.3 Å². The smallest absolute Gasteiger partial charge is 0.246 e. The Balaban J connectivity index is 2.09. The largest absolute Gasteiger partial charge is 0.373 e. The number of rotatable bonds is 7. The number of hydrogen-bond donors (Lipinski definition) is 3. The molecule has 0 heterocycles. The van der Waals surface area contributed by atoms with Gasteiger partial charge in [-0.25, -0.2) is 0 Å². The molecule has 26 heavy (non-hydrogen) atoms. The number of nitrogens with one attached hydrogen (secondary N) is 2. The summed E-state index contributed by atoms with van der Waals surface area (Å²) in [6.07, 6.45) is 0. The number of primary amides is 1. The van der Waals surface area contributed by atoms with Crippen molar-refractivity contribution in [3.8, 4) is 0 Å². The van der Waals surface area contributed by atoms with Gasteiger partial charge in [0.05, 0.1) is 5.75 Å². The number of nitrogens with two attached hydrogens (primary N) is 1. The first-order chi connectivity index (χ1) is 12.3. The molecule has 0 saturated carbocycles. The third-order valence-electron chi connectivity index (χ3n) is 3.95. The maximum absolute atomic E-state index is 12.6. The second-order valence-corrected chi connectivity index (χ2v) is 7.40. The van der Waals surface area contributed by atoms with Crippen molar-refractivity contribution in [3.05, 3.63) is 53.1 Å². The van der Waals surface area contributed by atoms with E-state index in [-0.39, 0.29) is 17.6 Å². The molecule has 1 atom stereocenters. The summed E-state index contributed by atoms with van der Waals surface area (Å²) < 4.78 is 0. The van der Waals surface area contributed by atoms with Crippen LogP contribution in [0.1, 0.15) is 23.6 Å². The lowest BCUT2D eigenvalue weighted by atomic mass is 10.0. The Bertz CT molecular complexity index is 797. The predicted octanol–water partition coefficient (Wildman–Crippen LogP) is 3.63. The quantitative estimate of drug-likeness (QED) is 0.649. The van der Waals surface area contributed by atoms with Gasteiger partial charge in [0, 0.05) is 16.3 Å². The van der Waals surface area contributed by atoms with Crippen LogP contribution in [0.25, 0.3) is 0 Å². The fourth-order valence-corrected chi connectivity index (χ4v) is 3.52. The zero-order valence-electron chi connectivity index (χ0n) is 15.6. The molecule has 0 spiro atoms. The van der Waals surface area contributed by atoms with Crippen LogP contribution >= 0.6 is 11.8 Å². The van der Waals surface area contributed by atoms with E-state index in [4.69, 9.17) is 5.73 Å². The minimum atomic E-state index is -0.439. The summed E-state index contributed by atoms with van der Waals surface area (Å²) in [5.74, 6) is -0.295. The highest BCUT2D eigenvalue weighted by atomic mass is 32.2. The third-order valence-corrected chi connectivity index (χ3v) is 5.04. The van der Waals surface area contributed by atoms with E-state index in [9.17, 15) is 9.59 Å². The normalized spacial score (nSPS) is 11.7. The molecular formula is C20H25N3O2S. The van der Waals surface area contributed by atoms with Gasteiger partial charge in [0.2, 0.25) is 11.8 Å². The predicted molar refractivity (Wildman–Crippen MR) is 109 cm³/mol. The lowest BCUT2D eigenvalue weighted by molar-refractivity contribution is -0.117. The summed E-state index contributed by atoms with van der Waals surface area (Å²) in [5.41, 5.74) is 10.1. The molecule has 0 fully saturated rings. The van der Waals surface area contributed by atoms with Crippen molar-refractivity contribution in [2.45, 2.75) is 38.6 Å². The van der Waals surface area contributed by atoms with Crippen molar-refractivity contribution in [2.75, 3.05) is 16.4 Å². The Labute approximate surface area is 158 Å². The Morgan fingerprint density at radius 3 is 2.35 bits per heavy atom. The average molecular weight is 372 g/mol. The first-order valence-electron chi connectivity index (χ1n) is 8.43. The monoisotopic (exact) mass is 371 g/mol. The van der Waals surface area contributed by atoms with Gasteiger partial charge in [-0.15, -0.1) is 11.8 Å². The fourth-order valence-electron chi connectivity index (χ4n) is 2.77. The van der Waals surface area contributed by atoms with E-state index in [1.807, 2.05) is 52.0 Å². The molecule has 2 aromatic carbocycles. The standard InChI is InChI=1S/C20H25N3O2S/c1-12-9-13(2)19(14(3)10-12)23-20(25)15(4)22-16-7-5-6-8-17(16)26-11-18(21)24/h5-10,15,22H,11H2,1-4H3,(H2,21,24)(H,23,25)/t15-/m0/s1. The molecule has 0 unspecified atom stereocenters. The molecular weight excluding hydrogens is 346 g/mol. The number of para-hydroxylation sites is 1. The van der Waals surface area contributed by atoms with Crippen LogP contribution in [0.2, 0.25) is 0 Å². The summed E-state index contributed by atoms with van der Waals surface area (Å²) >= 11 is 1.35. The Kier molecular flexibility index (Phi) is 6.69. The van der Waals surface area contributed by atoms with Gasteiger partial charge in [-0.3, -0.25) is 9.59 Å². The van der Waals surface area contributed by atoms with E-state index >= 15 is 0 Å². The van der Waals surface area contributed by atoms with Gasteiger partial charge in [0.15, 0.2) is 0 Å². The van der Waals surface area contributed by atoms with Crippen LogP contribution in [0.3, 0.4) is 0 Å². The molecule has 0 saturated heterocycles. The molecule has 0 aliphatic rings. The van der Waals surface area contributed by atoms with E-state index in [2.05, 4.69) is 22.8 Å². The Hall–Kier alpha value is -2.47. The number of anilines is 2. The van der Waals surface area contributed by atoms with Crippen molar-refractivity contribution in [1.82, 2.24) is 0 Å². The van der Waals surface area contributed by atoms with E-state index < -0.39 is 6.04 Å². The van der Waals surface area contributed by atoms with Crippen molar-refractivity contribution < 1.29 is 9.59 Å². The first-order valence-corrected chi connectivity index (χ1v) is 9.42. The highest BCUT2D eigenvalue weighted by Crippen LogP contribution is 2.28. The number of benzene rings is 2. The molecule has 0 aromatic heterocycles. The molecule has 2 rings (SSSR count). The summed E-state index contributed by atoms with van der Waals surface area (Å²) in [6, 6.07) is 11.2. The number of carbonyl (C=O) groups is 2. The van der Waals surface area contributed by atoms with Gasteiger partial charge in [-0.1, -0.05) is 29.8 Å². The number of hydrogen-bond acceptors (Lipinski definition) is 4. The number of carbonyl (C=O) groups excluding carboxylic acids is 2. The van der Waals surface area contributed by atoms with E-state index in [0.29, 0.717) is 0 Å². The van der Waals surface area contributed by atoms with Crippen LogP contribution in [0.4, 0.5) is 11.4 Å². The van der Waals surface area contributed by atoms with Crippen molar-refractivity contribution >= 4 is 35.0 Å². The zero-order valence-corrected chi connectivity index (χ0v) is 16.4. The maximum atomic E-state index is 12.6. The molecule has 4 N–H and O–H groups in total. The highest BCUT2D eigenvalue weighted by Gasteiger charge is 2.16. The number of amides is 2. The molecule has 0 bridgehead atoms. The van der Waals surface area contributed by atoms with Gasteiger partial charge in [0.25, 0.3) is 0 Å². The summed E-state index contributed by atoms with van der Waals surface area (Å²) in [6.45, 7) is 7.83. The zero-order chi connectivity index (χ0) is 19.3. The van der Waals surface area contributed by atoms with Gasteiger partial charge in [-0.05, 0) is 51.0 Å². The number of thioether (sulfide) groups is 1. The maximum Gasteiger partial charge on any atom is 0.246 e. The highest BCUT2D eigenvalue weighted by molar-refractivity contribution is 8.00. The average Bonchev–Trinajstić information content (AvgIpc) is 2.56. The number of aryl methyl sites for hydroxylation is 3. The van der Waals surface area contributed by atoms with Crippen LogP contribution in [-0.4, -0.2) is 23.6 Å². The van der Waals surface area contributed by atoms with Gasteiger partial charge in [0.1, 0.15) is 6.04 Å². The lowest BCUT2D eigenvalue weighted by Crippen LogP contribution is -2.32. The SMILES string of the molecule is Cc1cc(C)c(NC(=O)[C@H](C)Nc2ccccc2SCC(N)=O)c(C)c1. The molecule has 0 aliphatic carbocycles. The molecule has 0 aliphatic heterocycles.